The first kappa shape index (κ1) is 19.0. The number of benzene rings is 1. The molecule has 2 atom stereocenters. The van der Waals surface area contributed by atoms with Crippen LogP contribution in [0.15, 0.2) is 35.5 Å². The zero-order valence-corrected chi connectivity index (χ0v) is 16.1. The highest BCUT2D eigenvalue weighted by Crippen LogP contribution is 2.31. The number of rotatable bonds is 5. The van der Waals surface area contributed by atoms with Gasteiger partial charge in [-0.15, -0.1) is 0 Å². The number of aromatic amines is 1. The molecule has 0 unspecified atom stereocenters. The molecular weight excluding hydrogens is 404 g/mol. The Morgan fingerprint density at radius 2 is 1.89 bits per heavy atom. The predicted octanol–water partition coefficient (Wildman–Crippen LogP) is 2.00. The number of nitrogens with zero attached hydrogens (tertiary/aromatic N) is 3. The summed E-state index contributed by atoms with van der Waals surface area (Å²) < 4.78 is 0. The van der Waals surface area contributed by atoms with Crippen LogP contribution in [0.5, 0.6) is 0 Å². The number of fused-ring (bicyclic) bond motifs is 1. The zero-order chi connectivity index (χ0) is 19.8. The average Bonchev–Trinajstić information content (AvgIpc) is 3.22. The molecule has 0 saturated carbocycles. The summed E-state index contributed by atoms with van der Waals surface area (Å²) >= 11 is 7.47. The minimum absolute atomic E-state index is 0.0955. The Balaban J connectivity index is 1.59. The van der Waals surface area contributed by atoms with E-state index >= 15 is 0 Å². The van der Waals surface area contributed by atoms with Gasteiger partial charge in [-0.2, -0.15) is 0 Å². The molecule has 1 saturated heterocycles. The van der Waals surface area contributed by atoms with Crippen molar-refractivity contribution >= 4 is 46.2 Å². The highest BCUT2D eigenvalue weighted by atomic mass is 35.5. The van der Waals surface area contributed by atoms with Gasteiger partial charge in [0.2, 0.25) is 0 Å². The van der Waals surface area contributed by atoms with E-state index < -0.39 is 18.2 Å². The van der Waals surface area contributed by atoms with Crippen molar-refractivity contribution in [1.82, 2.24) is 15.0 Å². The Morgan fingerprint density at radius 3 is 2.54 bits per heavy atom. The number of nitrogens with one attached hydrogen (secondary N) is 1. The number of aliphatic hydroxyl groups excluding tert-OH is 2. The Bertz CT molecular complexity index is 1020. The standard InChI is InChI=1S/C18H17ClN4O4S/c19-11-5-12-17(22-18(20-12)28-8-15(26)27)21-16(11)9-1-3-10(4-2-9)23-6-13(24)14(25)7-23/h1-5,13-14,24-25H,6-8H2,(H,26,27)(H,20,21,22)/t13-,14+. The molecule has 10 heteroatoms. The van der Waals surface area contributed by atoms with Crippen molar-refractivity contribution in [3.8, 4) is 11.3 Å². The van der Waals surface area contributed by atoms with E-state index in [1.807, 2.05) is 29.2 Å². The molecule has 2 aromatic heterocycles. The number of aliphatic hydroxyl groups is 2. The van der Waals surface area contributed by atoms with Crippen LogP contribution in [0.25, 0.3) is 22.4 Å². The number of thioether (sulfide) groups is 1. The highest BCUT2D eigenvalue weighted by Gasteiger charge is 2.29. The second-order valence-electron chi connectivity index (χ2n) is 6.50. The maximum Gasteiger partial charge on any atom is 0.313 e. The van der Waals surface area contributed by atoms with E-state index in [0.29, 0.717) is 40.1 Å². The lowest BCUT2D eigenvalue weighted by Gasteiger charge is -2.18. The van der Waals surface area contributed by atoms with Gasteiger partial charge in [0, 0.05) is 24.3 Å². The van der Waals surface area contributed by atoms with Crippen molar-refractivity contribution in [1.29, 1.82) is 0 Å². The molecule has 1 aliphatic heterocycles. The summed E-state index contributed by atoms with van der Waals surface area (Å²) in [7, 11) is 0. The van der Waals surface area contributed by atoms with Crippen LogP contribution in [0.3, 0.4) is 0 Å². The van der Waals surface area contributed by atoms with Gasteiger partial charge < -0.3 is 25.2 Å². The van der Waals surface area contributed by atoms with Crippen LogP contribution in [-0.4, -0.2) is 67.3 Å². The lowest BCUT2D eigenvalue weighted by Crippen LogP contribution is -2.22. The monoisotopic (exact) mass is 420 g/mol. The molecule has 28 heavy (non-hydrogen) atoms. The van der Waals surface area contributed by atoms with Crippen LogP contribution in [0.1, 0.15) is 0 Å². The predicted molar refractivity (Wildman–Crippen MR) is 107 cm³/mol. The first-order valence-electron chi connectivity index (χ1n) is 8.53. The molecule has 0 bridgehead atoms. The normalized spacial score (nSPS) is 19.5. The number of aliphatic carboxylic acids is 1. The fraction of sp³-hybridized carbons (Fsp3) is 0.278. The molecule has 146 valence electrons. The first-order chi connectivity index (χ1) is 13.4. The number of aromatic nitrogens is 3. The molecule has 1 aliphatic rings. The number of carboxylic acid groups (broad SMARTS) is 1. The van der Waals surface area contributed by atoms with Crippen LogP contribution < -0.4 is 4.90 Å². The van der Waals surface area contributed by atoms with Crippen molar-refractivity contribution in [3.63, 3.8) is 0 Å². The molecule has 0 radical (unpaired) electrons. The third-order valence-corrected chi connectivity index (χ3v) is 5.65. The highest BCUT2D eigenvalue weighted by molar-refractivity contribution is 7.99. The summed E-state index contributed by atoms with van der Waals surface area (Å²) in [6.07, 6.45) is -1.49. The Morgan fingerprint density at radius 1 is 1.21 bits per heavy atom. The number of hydrogen-bond donors (Lipinski definition) is 4. The van der Waals surface area contributed by atoms with Crippen molar-refractivity contribution in [2.24, 2.45) is 0 Å². The van der Waals surface area contributed by atoms with E-state index in [-0.39, 0.29) is 5.75 Å². The van der Waals surface area contributed by atoms with Crippen LogP contribution in [0.2, 0.25) is 5.02 Å². The molecular formula is C18H17ClN4O4S. The van der Waals surface area contributed by atoms with Gasteiger partial charge in [0.05, 0.1) is 34.2 Å². The first-order valence-corrected chi connectivity index (χ1v) is 9.89. The van der Waals surface area contributed by atoms with E-state index in [2.05, 4.69) is 15.0 Å². The third-order valence-electron chi connectivity index (χ3n) is 4.50. The Hall–Kier alpha value is -2.33. The number of pyridine rings is 1. The molecule has 1 fully saturated rings. The largest absolute Gasteiger partial charge is 0.481 e. The van der Waals surface area contributed by atoms with Crippen molar-refractivity contribution < 1.29 is 20.1 Å². The Kier molecular flexibility index (Phi) is 5.15. The number of anilines is 1. The average molecular weight is 421 g/mol. The quantitative estimate of drug-likeness (QED) is 0.462. The van der Waals surface area contributed by atoms with E-state index in [1.54, 1.807) is 6.07 Å². The van der Waals surface area contributed by atoms with Gasteiger partial charge in [-0.3, -0.25) is 4.79 Å². The third kappa shape index (κ3) is 3.79. The molecule has 4 N–H and O–H groups in total. The van der Waals surface area contributed by atoms with Crippen molar-refractivity contribution in [3.05, 3.63) is 35.4 Å². The summed E-state index contributed by atoms with van der Waals surface area (Å²) in [5.41, 5.74) is 3.37. The van der Waals surface area contributed by atoms with Gasteiger partial charge in [-0.25, -0.2) is 9.97 Å². The SMILES string of the molecule is O=C(O)CSc1nc2nc(-c3ccc(N4C[C@@H](O)[C@@H](O)C4)cc3)c(Cl)cc2[nH]1. The maximum atomic E-state index is 10.7. The molecule has 1 aromatic carbocycles. The Labute approximate surface area is 169 Å². The topological polar surface area (TPSA) is 123 Å². The summed E-state index contributed by atoms with van der Waals surface area (Å²) in [4.78, 5) is 24.5. The molecule has 3 aromatic rings. The smallest absolute Gasteiger partial charge is 0.313 e. The number of carbonyl (C=O) groups is 1. The van der Waals surface area contributed by atoms with Gasteiger partial charge in [-0.1, -0.05) is 35.5 Å². The summed E-state index contributed by atoms with van der Waals surface area (Å²) in [5.74, 6) is -1.02. The number of H-pyrrole nitrogens is 1. The van der Waals surface area contributed by atoms with Crippen LogP contribution >= 0.6 is 23.4 Å². The molecule has 4 rings (SSSR count). The van der Waals surface area contributed by atoms with E-state index in [0.717, 1.165) is 23.0 Å². The second-order valence-corrected chi connectivity index (χ2v) is 7.87. The number of halogens is 1. The maximum absolute atomic E-state index is 10.7. The van der Waals surface area contributed by atoms with Crippen molar-refractivity contribution in [2.75, 3.05) is 23.7 Å². The lowest BCUT2D eigenvalue weighted by atomic mass is 10.1. The van der Waals surface area contributed by atoms with Gasteiger partial charge in [0.1, 0.15) is 0 Å². The number of β-amino-alcohol motifs (C(OH)–C–C–N with tert-alkyl or cyclic N) is 2. The molecule has 0 aliphatic carbocycles. The fourth-order valence-corrected chi connectivity index (χ4v) is 3.96. The minimum atomic E-state index is -0.921. The summed E-state index contributed by atoms with van der Waals surface area (Å²) in [6.45, 7) is 0.769. The molecule has 0 amide bonds. The number of carboxylic acids is 1. The van der Waals surface area contributed by atoms with Gasteiger partial charge in [0.25, 0.3) is 0 Å². The van der Waals surface area contributed by atoms with Crippen LogP contribution in [0.4, 0.5) is 5.69 Å². The van der Waals surface area contributed by atoms with E-state index in [1.165, 1.54) is 0 Å². The minimum Gasteiger partial charge on any atom is -0.481 e. The fourth-order valence-electron chi connectivity index (χ4n) is 3.11. The summed E-state index contributed by atoms with van der Waals surface area (Å²) in [5, 5.41) is 29.1. The lowest BCUT2D eigenvalue weighted by molar-refractivity contribution is -0.133. The van der Waals surface area contributed by atoms with E-state index in [9.17, 15) is 15.0 Å². The van der Waals surface area contributed by atoms with Crippen LogP contribution in [0, 0.1) is 0 Å². The van der Waals surface area contributed by atoms with Gasteiger partial charge in [0.15, 0.2) is 10.8 Å². The van der Waals surface area contributed by atoms with Crippen LogP contribution in [-0.2, 0) is 4.79 Å². The number of hydrogen-bond acceptors (Lipinski definition) is 7. The van der Waals surface area contributed by atoms with Gasteiger partial charge in [-0.05, 0) is 18.2 Å². The summed E-state index contributed by atoms with van der Waals surface area (Å²) in [6, 6.07) is 9.25. The molecule has 8 nitrogen and oxygen atoms in total. The molecule has 0 spiro atoms. The number of imidazole rings is 1. The zero-order valence-electron chi connectivity index (χ0n) is 14.5. The van der Waals surface area contributed by atoms with E-state index in [4.69, 9.17) is 16.7 Å². The second kappa shape index (κ2) is 7.59. The van der Waals surface area contributed by atoms with Gasteiger partial charge >= 0.3 is 5.97 Å². The van der Waals surface area contributed by atoms with Crippen molar-refractivity contribution in [2.45, 2.75) is 17.4 Å². The molecule has 3 heterocycles.